The smallest absolute Gasteiger partial charge is 0.151 e. The molecule has 0 spiro atoms. The van der Waals surface area contributed by atoms with Gasteiger partial charge < -0.3 is 4.90 Å². The third kappa shape index (κ3) is 3.89. The van der Waals surface area contributed by atoms with Crippen LogP contribution in [0.2, 0.25) is 0 Å². The molecule has 0 fully saturated rings. The third-order valence-electron chi connectivity index (χ3n) is 1.68. The Kier molecular flexibility index (Phi) is 4.62. The van der Waals surface area contributed by atoms with Crippen LogP contribution in [0, 0.1) is 0 Å². The molecule has 76 valence electrons. The highest BCUT2D eigenvalue weighted by Crippen LogP contribution is 2.14. The maximum Gasteiger partial charge on any atom is 0.151 e. The van der Waals surface area contributed by atoms with Gasteiger partial charge in [-0.2, -0.15) is 0 Å². The van der Waals surface area contributed by atoms with E-state index in [1.165, 1.54) is 0 Å². The molecule has 0 aliphatic rings. The summed E-state index contributed by atoms with van der Waals surface area (Å²) in [5, 5.41) is 0.970. The van der Waals surface area contributed by atoms with Crippen molar-refractivity contribution in [3.63, 3.8) is 0 Å². The van der Waals surface area contributed by atoms with Gasteiger partial charge in [0.15, 0.2) is 6.29 Å². The number of hydrogen-bond acceptors (Lipinski definition) is 4. The fourth-order valence-corrected chi connectivity index (χ4v) is 1.84. The molecule has 0 amide bonds. The van der Waals surface area contributed by atoms with E-state index < -0.39 is 0 Å². The zero-order chi connectivity index (χ0) is 10.4. The molecule has 1 heterocycles. The highest BCUT2D eigenvalue weighted by molar-refractivity contribution is 7.99. The van der Waals surface area contributed by atoms with Gasteiger partial charge in [0.25, 0.3) is 0 Å². The number of nitrogens with zero attached hydrogens (tertiary/aromatic N) is 2. The zero-order valence-corrected chi connectivity index (χ0v) is 9.25. The standard InChI is InChI=1S/C10H14N2OS/c1-12(2)5-6-14-10-4-3-9(8-13)7-11-10/h3-4,7-8H,5-6H2,1-2H3. The summed E-state index contributed by atoms with van der Waals surface area (Å²) in [4.78, 5) is 16.7. The SMILES string of the molecule is CN(C)CCSc1ccc(C=O)cn1. The molecule has 0 N–H and O–H groups in total. The van der Waals surface area contributed by atoms with Gasteiger partial charge in [0, 0.05) is 24.1 Å². The minimum atomic E-state index is 0.627. The lowest BCUT2D eigenvalue weighted by atomic mass is 10.3. The molecule has 1 aromatic rings. The van der Waals surface area contributed by atoms with Crippen LogP contribution in [-0.2, 0) is 0 Å². The molecule has 0 aliphatic heterocycles. The Balaban J connectivity index is 2.40. The van der Waals surface area contributed by atoms with Gasteiger partial charge in [0.05, 0.1) is 5.03 Å². The van der Waals surface area contributed by atoms with Crippen LogP contribution < -0.4 is 0 Å². The van der Waals surface area contributed by atoms with Crippen molar-refractivity contribution in [2.45, 2.75) is 5.03 Å². The highest BCUT2D eigenvalue weighted by atomic mass is 32.2. The van der Waals surface area contributed by atoms with Crippen LogP contribution in [-0.4, -0.2) is 42.6 Å². The summed E-state index contributed by atoms with van der Waals surface area (Å²) in [7, 11) is 4.09. The first-order valence-electron chi connectivity index (χ1n) is 4.41. The number of carbonyl (C=O) groups is 1. The Hall–Kier alpha value is -0.870. The molecular weight excluding hydrogens is 196 g/mol. The molecule has 1 rings (SSSR count). The molecule has 0 unspecified atom stereocenters. The van der Waals surface area contributed by atoms with Crippen molar-refractivity contribution < 1.29 is 4.79 Å². The van der Waals surface area contributed by atoms with Crippen molar-refractivity contribution in [2.24, 2.45) is 0 Å². The molecule has 1 aromatic heterocycles. The summed E-state index contributed by atoms with van der Waals surface area (Å²) < 4.78 is 0. The highest BCUT2D eigenvalue weighted by Gasteiger charge is 1.96. The van der Waals surface area contributed by atoms with Crippen molar-refractivity contribution >= 4 is 18.0 Å². The van der Waals surface area contributed by atoms with Gasteiger partial charge in [-0.25, -0.2) is 4.98 Å². The lowest BCUT2D eigenvalue weighted by molar-refractivity contribution is 0.112. The van der Waals surface area contributed by atoms with Gasteiger partial charge in [-0.3, -0.25) is 4.79 Å². The monoisotopic (exact) mass is 210 g/mol. The van der Waals surface area contributed by atoms with Crippen LogP contribution in [0.4, 0.5) is 0 Å². The fraction of sp³-hybridized carbons (Fsp3) is 0.400. The Labute approximate surface area is 88.5 Å². The normalized spacial score (nSPS) is 10.5. The summed E-state index contributed by atoms with van der Waals surface area (Å²) in [5.74, 6) is 1.01. The fourth-order valence-electron chi connectivity index (χ4n) is 0.880. The van der Waals surface area contributed by atoms with Crippen molar-refractivity contribution in [3.8, 4) is 0 Å². The first-order valence-corrected chi connectivity index (χ1v) is 5.39. The number of hydrogen-bond donors (Lipinski definition) is 0. The van der Waals surface area contributed by atoms with E-state index >= 15 is 0 Å². The molecule has 0 saturated carbocycles. The zero-order valence-electron chi connectivity index (χ0n) is 8.43. The number of aromatic nitrogens is 1. The topological polar surface area (TPSA) is 33.2 Å². The Bertz CT molecular complexity index is 285. The summed E-state index contributed by atoms with van der Waals surface area (Å²) in [5.41, 5.74) is 0.627. The van der Waals surface area contributed by atoms with Gasteiger partial charge in [0.1, 0.15) is 0 Å². The number of rotatable bonds is 5. The second-order valence-electron chi connectivity index (χ2n) is 3.20. The summed E-state index contributed by atoms with van der Waals surface area (Å²) in [6, 6.07) is 3.67. The third-order valence-corrected chi connectivity index (χ3v) is 2.61. The van der Waals surface area contributed by atoms with Crippen molar-refractivity contribution in [3.05, 3.63) is 23.9 Å². The largest absolute Gasteiger partial charge is 0.309 e. The molecule has 0 radical (unpaired) electrons. The van der Waals surface area contributed by atoms with Crippen LogP contribution in [0.15, 0.2) is 23.4 Å². The van der Waals surface area contributed by atoms with Gasteiger partial charge in [-0.05, 0) is 26.2 Å². The predicted octanol–water partition coefficient (Wildman–Crippen LogP) is 1.55. The lowest BCUT2D eigenvalue weighted by Crippen LogP contribution is -2.14. The average Bonchev–Trinajstić information content (AvgIpc) is 2.18. The van der Waals surface area contributed by atoms with E-state index in [1.54, 1.807) is 24.0 Å². The lowest BCUT2D eigenvalue weighted by Gasteiger charge is -2.07. The number of carbonyl (C=O) groups excluding carboxylic acids is 1. The van der Waals surface area contributed by atoms with Crippen molar-refractivity contribution in [2.75, 3.05) is 26.4 Å². The Morgan fingerprint density at radius 3 is 2.79 bits per heavy atom. The second-order valence-corrected chi connectivity index (χ2v) is 4.31. The summed E-state index contributed by atoms with van der Waals surface area (Å²) >= 11 is 1.70. The minimum Gasteiger partial charge on any atom is -0.309 e. The van der Waals surface area contributed by atoms with Crippen LogP contribution in [0.5, 0.6) is 0 Å². The molecule has 14 heavy (non-hydrogen) atoms. The molecule has 0 aromatic carbocycles. The molecule has 3 nitrogen and oxygen atoms in total. The number of aldehydes is 1. The van der Waals surface area contributed by atoms with Gasteiger partial charge >= 0.3 is 0 Å². The van der Waals surface area contributed by atoms with E-state index in [9.17, 15) is 4.79 Å². The van der Waals surface area contributed by atoms with Crippen LogP contribution in [0.1, 0.15) is 10.4 Å². The van der Waals surface area contributed by atoms with Gasteiger partial charge in [-0.1, -0.05) is 0 Å². The molecule has 0 saturated heterocycles. The van der Waals surface area contributed by atoms with E-state index in [4.69, 9.17) is 0 Å². The summed E-state index contributed by atoms with van der Waals surface area (Å²) in [6.45, 7) is 1.03. The molecule has 0 atom stereocenters. The first kappa shape index (κ1) is 11.2. The minimum absolute atomic E-state index is 0.627. The molecular formula is C10H14N2OS. The Morgan fingerprint density at radius 1 is 1.50 bits per heavy atom. The van der Waals surface area contributed by atoms with Crippen molar-refractivity contribution in [1.29, 1.82) is 0 Å². The number of pyridine rings is 1. The average molecular weight is 210 g/mol. The Morgan fingerprint density at radius 2 is 2.29 bits per heavy atom. The van der Waals surface area contributed by atoms with Gasteiger partial charge in [0.2, 0.25) is 0 Å². The maximum absolute atomic E-state index is 10.4. The quantitative estimate of drug-likeness (QED) is 0.545. The van der Waals surface area contributed by atoms with E-state index in [0.717, 1.165) is 23.6 Å². The predicted molar refractivity (Wildman–Crippen MR) is 58.9 cm³/mol. The van der Waals surface area contributed by atoms with Crippen LogP contribution >= 0.6 is 11.8 Å². The summed E-state index contributed by atoms with van der Waals surface area (Å²) in [6.07, 6.45) is 2.41. The van der Waals surface area contributed by atoms with Crippen molar-refractivity contribution in [1.82, 2.24) is 9.88 Å². The number of thioether (sulfide) groups is 1. The molecule has 4 heteroatoms. The van der Waals surface area contributed by atoms with Gasteiger partial charge in [-0.15, -0.1) is 11.8 Å². The van der Waals surface area contributed by atoms with Crippen LogP contribution in [0.25, 0.3) is 0 Å². The van der Waals surface area contributed by atoms with E-state index in [2.05, 4.69) is 9.88 Å². The van der Waals surface area contributed by atoms with Crippen LogP contribution in [0.3, 0.4) is 0 Å². The van der Waals surface area contributed by atoms with E-state index in [-0.39, 0.29) is 0 Å². The first-order chi connectivity index (χ1) is 6.72. The molecule has 0 aliphatic carbocycles. The molecule has 0 bridgehead atoms. The van der Waals surface area contributed by atoms with E-state index in [1.807, 2.05) is 20.2 Å². The second kappa shape index (κ2) is 5.78. The maximum atomic E-state index is 10.4. The van der Waals surface area contributed by atoms with E-state index in [0.29, 0.717) is 5.56 Å².